The van der Waals surface area contributed by atoms with Gasteiger partial charge in [-0.3, -0.25) is 0 Å². The van der Waals surface area contributed by atoms with Crippen molar-refractivity contribution in [3.8, 4) is 0 Å². The van der Waals surface area contributed by atoms with Gasteiger partial charge in [-0.25, -0.2) is 4.99 Å². The van der Waals surface area contributed by atoms with Crippen molar-refractivity contribution >= 4 is 5.96 Å². The Morgan fingerprint density at radius 2 is 2.14 bits per heavy atom. The molecule has 1 heterocycles. The van der Waals surface area contributed by atoms with E-state index in [1.807, 2.05) is 20.8 Å². The van der Waals surface area contributed by atoms with E-state index in [2.05, 4.69) is 10.3 Å². The fourth-order valence-electron chi connectivity index (χ4n) is 1.25. The second kappa shape index (κ2) is 4.14. The number of hydrogen-bond acceptors (Lipinski definition) is 3. The lowest BCUT2D eigenvalue weighted by atomic mass is 10.1. The Balaban J connectivity index is 2.50. The van der Waals surface area contributed by atoms with Gasteiger partial charge in [0.15, 0.2) is 5.96 Å². The molecule has 0 spiro atoms. The van der Waals surface area contributed by atoms with Crippen LogP contribution in [0.1, 0.15) is 20.8 Å². The van der Waals surface area contributed by atoms with Crippen LogP contribution in [0.3, 0.4) is 0 Å². The number of nitrogens with two attached hydrogens (primary N) is 1. The quantitative estimate of drug-likeness (QED) is 0.393. The van der Waals surface area contributed by atoms with Gasteiger partial charge in [0, 0.05) is 5.54 Å². The standard InChI is InChI=1S/C9H19N3O2/c1-9(2,3)12-8(10)11-6-4-14-5-7(6)13/h6-7,13H,4-5H2,1-3H3,(H3,10,11,12)/t6-,7-/m1/s1. The lowest BCUT2D eigenvalue weighted by molar-refractivity contribution is 0.125. The van der Waals surface area contributed by atoms with Crippen molar-refractivity contribution in [2.45, 2.75) is 38.5 Å². The summed E-state index contributed by atoms with van der Waals surface area (Å²) in [6, 6.07) is -0.232. The van der Waals surface area contributed by atoms with E-state index in [0.29, 0.717) is 19.2 Å². The fourth-order valence-corrected chi connectivity index (χ4v) is 1.25. The SMILES string of the molecule is CC(C)(C)NC(N)=N[C@@H]1COC[C@H]1O. The first-order valence-corrected chi connectivity index (χ1v) is 4.76. The summed E-state index contributed by atoms with van der Waals surface area (Å²) in [5.74, 6) is 0.354. The Morgan fingerprint density at radius 3 is 2.57 bits per heavy atom. The second-order valence-electron chi connectivity index (χ2n) is 4.56. The molecular formula is C9H19N3O2. The number of nitrogens with one attached hydrogen (secondary N) is 1. The van der Waals surface area contributed by atoms with Crippen LogP contribution in [0.5, 0.6) is 0 Å². The van der Waals surface area contributed by atoms with E-state index >= 15 is 0 Å². The molecule has 4 N–H and O–H groups in total. The molecule has 2 atom stereocenters. The Kier molecular flexibility index (Phi) is 3.34. The van der Waals surface area contributed by atoms with E-state index in [0.717, 1.165) is 0 Å². The van der Waals surface area contributed by atoms with E-state index in [4.69, 9.17) is 10.5 Å². The minimum absolute atomic E-state index is 0.113. The predicted octanol–water partition coefficient (Wildman–Crippen LogP) is -0.551. The molecule has 82 valence electrons. The van der Waals surface area contributed by atoms with Gasteiger partial charge >= 0.3 is 0 Å². The first kappa shape index (κ1) is 11.3. The maximum Gasteiger partial charge on any atom is 0.189 e. The molecule has 0 bridgehead atoms. The lowest BCUT2D eigenvalue weighted by Gasteiger charge is -2.22. The zero-order valence-corrected chi connectivity index (χ0v) is 8.95. The Morgan fingerprint density at radius 1 is 1.50 bits per heavy atom. The highest BCUT2D eigenvalue weighted by molar-refractivity contribution is 5.78. The van der Waals surface area contributed by atoms with Crippen LogP contribution in [0.2, 0.25) is 0 Å². The zero-order chi connectivity index (χ0) is 10.8. The zero-order valence-electron chi connectivity index (χ0n) is 8.95. The third kappa shape index (κ3) is 3.51. The highest BCUT2D eigenvalue weighted by Crippen LogP contribution is 2.09. The summed E-state index contributed by atoms with van der Waals surface area (Å²) in [5.41, 5.74) is 5.56. The third-order valence-electron chi connectivity index (χ3n) is 1.83. The van der Waals surface area contributed by atoms with E-state index < -0.39 is 6.10 Å². The summed E-state index contributed by atoms with van der Waals surface area (Å²) < 4.78 is 5.06. The summed E-state index contributed by atoms with van der Waals surface area (Å²) in [5, 5.41) is 12.4. The maximum absolute atomic E-state index is 9.42. The Bertz CT molecular complexity index is 223. The summed E-state index contributed by atoms with van der Waals surface area (Å²) in [4.78, 5) is 4.15. The second-order valence-corrected chi connectivity index (χ2v) is 4.56. The minimum atomic E-state index is -0.532. The first-order valence-electron chi connectivity index (χ1n) is 4.76. The molecule has 1 fully saturated rings. The number of hydrogen-bond donors (Lipinski definition) is 3. The molecule has 0 aliphatic carbocycles. The molecule has 0 aromatic carbocycles. The van der Waals surface area contributed by atoms with Gasteiger partial charge in [-0.1, -0.05) is 0 Å². The molecule has 0 aromatic rings. The van der Waals surface area contributed by atoms with Crippen LogP contribution in [0, 0.1) is 0 Å². The fraction of sp³-hybridized carbons (Fsp3) is 0.889. The average Bonchev–Trinajstić information content (AvgIpc) is 2.32. The highest BCUT2D eigenvalue weighted by Gasteiger charge is 2.26. The normalized spacial score (nSPS) is 29.3. The van der Waals surface area contributed by atoms with Gasteiger partial charge in [-0.15, -0.1) is 0 Å². The molecular weight excluding hydrogens is 182 g/mol. The molecule has 0 saturated carbocycles. The number of aliphatic imine (C=N–C) groups is 1. The van der Waals surface area contributed by atoms with Crippen molar-refractivity contribution in [2.75, 3.05) is 13.2 Å². The van der Waals surface area contributed by atoms with Crippen molar-refractivity contribution in [2.24, 2.45) is 10.7 Å². The number of ether oxygens (including phenoxy) is 1. The topological polar surface area (TPSA) is 79.9 Å². The van der Waals surface area contributed by atoms with Crippen molar-refractivity contribution in [1.29, 1.82) is 0 Å². The first-order chi connectivity index (χ1) is 6.38. The van der Waals surface area contributed by atoms with Gasteiger partial charge in [-0.05, 0) is 20.8 Å². The maximum atomic E-state index is 9.42. The number of nitrogens with zero attached hydrogens (tertiary/aromatic N) is 1. The molecule has 1 aliphatic rings. The summed E-state index contributed by atoms with van der Waals surface area (Å²) in [7, 11) is 0. The van der Waals surface area contributed by atoms with Crippen LogP contribution in [0.15, 0.2) is 4.99 Å². The van der Waals surface area contributed by atoms with Crippen molar-refractivity contribution in [3.05, 3.63) is 0 Å². The molecule has 0 aromatic heterocycles. The molecule has 14 heavy (non-hydrogen) atoms. The molecule has 5 heteroatoms. The number of aliphatic hydroxyl groups is 1. The summed E-state index contributed by atoms with van der Waals surface area (Å²) >= 11 is 0. The van der Waals surface area contributed by atoms with Gasteiger partial charge in [0.2, 0.25) is 0 Å². The van der Waals surface area contributed by atoms with Gasteiger partial charge in [0.05, 0.1) is 13.2 Å². The molecule has 5 nitrogen and oxygen atoms in total. The molecule has 1 aliphatic heterocycles. The average molecular weight is 201 g/mol. The minimum Gasteiger partial charge on any atom is -0.388 e. The van der Waals surface area contributed by atoms with Crippen LogP contribution >= 0.6 is 0 Å². The smallest absolute Gasteiger partial charge is 0.189 e. The van der Waals surface area contributed by atoms with Crippen molar-refractivity contribution < 1.29 is 9.84 Å². The molecule has 1 saturated heterocycles. The predicted molar refractivity (Wildman–Crippen MR) is 55.1 cm³/mol. The number of guanidine groups is 1. The van der Waals surface area contributed by atoms with E-state index in [1.54, 1.807) is 0 Å². The molecule has 0 radical (unpaired) electrons. The Hall–Kier alpha value is -0.810. The van der Waals surface area contributed by atoms with Crippen LogP contribution in [-0.4, -0.2) is 42.0 Å². The van der Waals surface area contributed by atoms with Crippen molar-refractivity contribution in [1.82, 2.24) is 5.32 Å². The van der Waals surface area contributed by atoms with Gasteiger partial charge in [0.1, 0.15) is 12.1 Å². The highest BCUT2D eigenvalue weighted by atomic mass is 16.5. The van der Waals surface area contributed by atoms with Crippen molar-refractivity contribution in [3.63, 3.8) is 0 Å². The van der Waals surface area contributed by atoms with Gasteiger partial charge in [-0.2, -0.15) is 0 Å². The van der Waals surface area contributed by atoms with Crippen LogP contribution in [-0.2, 0) is 4.74 Å². The molecule has 1 rings (SSSR count). The van der Waals surface area contributed by atoms with Gasteiger partial charge < -0.3 is 20.9 Å². The van der Waals surface area contributed by atoms with E-state index in [1.165, 1.54) is 0 Å². The van der Waals surface area contributed by atoms with E-state index in [9.17, 15) is 5.11 Å². The van der Waals surface area contributed by atoms with Gasteiger partial charge in [0.25, 0.3) is 0 Å². The summed E-state index contributed by atoms with van der Waals surface area (Å²) in [6.07, 6.45) is -0.532. The van der Waals surface area contributed by atoms with Crippen LogP contribution < -0.4 is 11.1 Å². The third-order valence-corrected chi connectivity index (χ3v) is 1.83. The number of rotatable bonds is 1. The number of aliphatic hydroxyl groups excluding tert-OH is 1. The monoisotopic (exact) mass is 201 g/mol. The van der Waals surface area contributed by atoms with Crippen LogP contribution in [0.4, 0.5) is 0 Å². The largest absolute Gasteiger partial charge is 0.388 e. The molecule has 0 unspecified atom stereocenters. The Labute approximate surface area is 84.3 Å². The lowest BCUT2D eigenvalue weighted by Crippen LogP contribution is -2.46. The van der Waals surface area contributed by atoms with E-state index in [-0.39, 0.29) is 11.6 Å². The molecule has 0 amide bonds. The summed E-state index contributed by atoms with van der Waals surface area (Å²) in [6.45, 7) is 6.77. The van der Waals surface area contributed by atoms with Crippen LogP contribution in [0.25, 0.3) is 0 Å².